The number of rotatable bonds is 2. The van der Waals surface area contributed by atoms with Crippen LogP contribution in [0.1, 0.15) is 24.1 Å². The van der Waals surface area contributed by atoms with Crippen LogP contribution < -0.4 is 5.32 Å². The molecule has 3 heterocycles. The van der Waals surface area contributed by atoms with Crippen molar-refractivity contribution in [3.05, 3.63) is 53.0 Å². The Morgan fingerprint density at radius 3 is 2.64 bits per heavy atom. The van der Waals surface area contributed by atoms with Gasteiger partial charge in [0.25, 0.3) is 5.91 Å². The molecule has 1 atom stereocenters. The van der Waals surface area contributed by atoms with Crippen LogP contribution >= 0.6 is 0 Å². The van der Waals surface area contributed by atoms with Crippen molar-refractivity contribution in [3.8, 4) is 0 Å². The van der Waals surface area contributed by atoms with Crippen molar-refractivity contribution in [1.29, 1.82) is 0 Å². The maximum Gasteiger partial charge on any atom is 0.254 e. The van der Waals surface area contributed by atoms with Crippen LogP contribution in [0.15, 0.2) is 41.9 Å². The molecule has 0 spiro atoms. The van der Waals surface area contributed by atoms with E-state index in [2.05, 4.69) is 39.7 Å². The molecule has 25 heavy (non-hydrogen) atoms. The van der Waals surface area contributed by atoms with Gasteiger partial charge in [0, 0.05) is 18.8 Å². The molecule has 2 aliphatic rings. The van der Waals surface area contributed by atoms with Gasteiger partial charge in [0.1, 0.15) is 12.4 Å². The van der Waals surface area contributed by atoms with E-state index in [9.17, 15) is 4.79 Å². The van der Waals surface area contributed by atoms with E-state index in [0.717, 1.165) is 11.3 Å². The molecule has 0 radical (unpaired) electrons. The summed E-state index contributed by atoms with van der Waals surface area (Å²) in [6.07, 6.45) is 1.51. The molecule has 1 N–H and O–H groups in total. The van der Waals surface area contributed by atoms with Gasteiger partial charge in [0.2, 0.25) is 5.95 Å². The number of benzene rings is 1. The minimum absolute atomic E-state index is 0.0278. The van der Waals surface area contributed by atoms with Gasteiger partial charge in [-0.05, 0) is 19.4 Å². The summed E-state index contributed by atoms with van der Waals surface area (Å²) < 4.78 is 7.16. The van der Waals surface area contributed by atoms with Crippen LogP contribution in [0.2, 0.25) is 0 Å². The van der Waals surface area contributed by atoms with E-state index >= 15 is 0 Å². The number of nitrogens with zero attached hydrogens (tertiary/aromatic N) is 4. The highest BCUT2D eigenvalue weighted by molar-refractivity contribution is 5.96. The largest absolute Gasteiger partial charge is 0.378 e. The van der Waals surface area contributed by atoms with Crippen LogP contribution in [0.4, 0.5) is 5.95 Å². The van der Waals surface area contributed by atoms with Crippen LogP contribution in [-0.2, 0) is 9.53 Å². The van der Waals surface area contributed by atoms with Gasteiger partial charge >= 0.3 is 0 Å². The quantitative estimate of drug-likeness (QED) is 0.902. The number of hydrogen-bond donors (Lipinski definition) is 1. The predicted octanol–water partition coefficient (Wildman–Crippen LogP) is 1.73. The summed E-state index contributed by atoms with van der Waals surface area (Å²) in [6.45, 7) is 6.35. The summed E-state index contributed by atoms with van der Waals surface area (Å²) >= 11 is 0. The van der Waals surface area contributed by atoms with Gasteiger partial charge in [-0.1, -0.05) is 29.8 Å². The van der Waals surface area contributed by atoms with E-state index in [1.807, 2.05) is 18.7 Å². The first kappa shape index (κ1) is 15.8. The highest BCUT2D eigenvalue weighted by Gasteiger charge is 2.35. The lowest BCUT2D eigenvalue weighted by atomic mass is 9.94. The van der Waals surface area contributed by atoms with E-state index in [4.69, 9.17) is 4.74 Å². The lowest BCUT2D eigenvalue weighted by molar-refractivity contribution is -0.131. The summed E-state index contributed by atoms with van der Waals surface area (Å²) in [7, 11) is 0. The molecule has 1 saturated heterocycles. The Bertz CT molecular complexity index is 818. The number of carbonyl (C=O) groups excluding carboxylic acids is 1. The number of nitrogens with one attached hydrogen (secondary N) is 1. The molecular formula is C18H21N5O2. The highest BCUT2D eigenvalue weighted by Crippen LogP contribution is 2.35. The summed E-state index contributed by atoms with van der Waals surface area (Å²) in [5.74, 6) is 0.682. The Morgan fingerprint density at radius 2 is 1.92 bits per heavy atom. The lowest BCUT2D eigenvalue weighted by Crippen LogP contribution is -2.44. The molecule has 1 aromatic carbocycles. The normalized spacial score (nSPS) is 20.2. The van der Waals surface area contributed by atoms with E-state index in [-0.39, 0.29) is 11.9 Å². The van der Waals surface area contributed by atoms with Crippen molar-refractivity contribution in [2.24, 2.45) is 0 Å². The van der Waals surface area contributed by atoms with Gasteiger partial charge in [-0.3, -0.25) is 4.79 Å². The smallest absolute Gasteiger partial charge is 0.254 e. The summed E-state index contributed by atoms with van der Waals surface area (Å²) in [4.78, 5) is 19.4. The second kappa shape index (κ2) is 6.33. The topological polar surface area (TPSA) is 72.3 Å². The number of anilines is 1. The number of amides is 1. The molecule has 7 nitrogen and oxygen atoms in total. The van der Waals surface area contributed by atoms with Crippen molar-refractivity contribution in [2.45, 2.75) is 19.9 Å². The monoisotopic (exact) mass is 339 g/mol. The fourth-order valence-corrected chi connectivity index (χ4v) is 3.36. The molecule has 0 aliphatic carbocycles. The van der Waals surface area contributed by atoms with E-state index < -0.39 is 0 Å². The number of aromatic nitrogens is 3. The zero-order valence-electron chi connectivity index (χ0n) is 14.4. The predicted molar refractivity (Wildman–Crippen MR) is 93.1 cm³/mol. The average molecular weight is 339 g/mol. The van der Waals surface area contributed by atoms with Crippen molar-refractivity contribution >= 4 is 11.9 Å². The van der Waals surface area contributed by atoms with E-state index in [1.54, 1.807) is 4.68 Å². The molecule has 0 saturated carbocycles. The molecule has 1 aromatic heterocycles. The van der Waals surface area contributed by atoms with Gasteiger partial charge < -0.3 is 15.0 Å². The first-order chi connectivity index (χ1) is 12.1. The van der Waals surface area contributed by atoms with Gasteiger partial charge in [0.05, 0.1) is 18.8 Å². The molecule has 130 valence electrons. The number of allylic oxidation sites excluding steroid dienone is 1. The third-order valence-electron chi connectivity index (χ3n) is 4.72. The highest BCUT2D eigenvalue weighted by atomic mass is 16.5. The molecule has 2 aromatic rings. The fraction of sp³-hybridized carbons (Fsp3) is 0.389. The molecular weight excluding hydrogens is 318 g/mol. The van der Waals surface area contributed by atoms with Crippen molar-refractivity contribution in [2.75, 3.05) is 31.6 Å². The second-order valence-electron chi connectivity index (χ2n) is 6.41. The maximum atomic E-state index is 13.3. The maximum absolute atomic E-state index is 13.3. The summed E-state index contributed by atoms with van der Waals surface area (Å²) in [6, 6.07) is 7.93. The Morgan fingerprint density at radius 1 is 1.20 bits per heavy atom. The van der Waals surface area contributed by atoms with Crippen molar-refractivity contribution < 1.29 is 9.53 Å². The van der Waals surface area contributed by atoms with Crippen molar-refractivity contribution in [3.63, 3.8) is 0 Å². The van der Waals surface area contributed by atoms with Crippen LogP contribution in [0.3, 0.4) is 0 Å². The molecule has 4 rings (SSSR count). The third kappa shape index (κ3) is 2.80. The van der Waals surface area contributed by atoms with Gasteiger partial charge in [-0.25, -0.2) is 4.68 Å². The van der Waals surface area contributed by atoms with E-state index in [1.165, 1.54) is 11.9 Å². The molecule has 1 unspecified atom stereocenters. The first-order valence-electron chi connectivity index (χ1n) is 8.46. The average Bonchev–Trinajstić information content (AvgIpc) is 3.09. The SMILES string of the molecule is CC1=C(C(=O)N2CCOCC2)C(c2ccc(C)cc2)n2ncnc2N1. The minimum Gasteiger partial charge on any atom is -0.378 e. The Hall–Kier alpha value is -2.67. The molecule has 7 heteroatoms. The Labute approximate surface area is 146 Å². The second-order valence-corrected chi connectivity index (χ2v) is 6.41. The number of carbonyl (C=O) groups is 1. The third-order valence-corrected chi connectivity index (χ3v) is 4.72. The summed E-state index contributed by atoms with van der Waals surface area (Å²) in [5, 5.41) is 7.57. The van der Waals surface area contributed by atoms with Gasteiger partial charge in [-0.2, -0.15) is 10.1 Å². The van der Waals surface area contributed by atoms with E-state index in [0.29, 0.717) is 37.8 Å². The minimum atomic E-state index is -0.283. The zero-order valence-corrected chi connectivity index (χ0v) is 14.4. The van der Waals surface area contributed by atoms with Crippen LogP contribution in [-0.4, -0.2) is 51.9 Å². The molecule has 2 aliphatic heterocycles. The molecule has 0 bridgehead atoms. The number of aryl methyl sites for hydroxylation is 1. The summed E-state index contributed by atoms with van der Waals surface area (Å²) in [5.41, 5.74) is 3.74. The lowest BCUT2D eigenvalue weighted by Gasteiger charge is -2.33. The molecule has 1 amide bonds. The number of hydrogen-bond acceptors (Lipinski definition) is 5. The van der Waals surface area contributed by atoms with Crippen LogP contribution in [0.25, 0.3) is 0 Å². The van der Waals surface area contributed by atoms with Crippen molar-refractivity contribution in [1.82, 2.24) is 19.7 Å². The van der Waals surface area contributed by atoms with Gasteiger partial charge in [-0.15, -0.1) is 0 Å². The Kier molecular flexibility index (Phi) is 4.01. The first-order valence-corrected chi connectivity index (χ1v) is 8.46. The number of fused-ring (bicyclic) bond motifs is 1. The van der Waals surface area contributed by atoms with Crippen LogP contribution in [0, 0.1) is 6.92 Å². The van der Waals surface area contributed by atoms with Gasteiger partial charge in [0.15, 0.2) is 0 Å². The van der Waals surface area contributed by atoms with Crippen LogP contribution in [0.5, 0.6) is 0 Å². The number of morpholine rings is 1. The standard InChI is InChI=1S/C18H21N5O2/c1-12-3-5-14(6-4-12)16-15(17(24)22-7-9-25-10-8-22)13(2)21-18-19-11-20-23(16)18/h3-6,11,16H,7-10H2,1-2H3,(H,19,20,21). The number of ether oxygens (including phenoxy) is 1. The Balaban J connectivity index is 1.78. The molecule has 1 fully saturated rings. The zero-order chi connectivity index (χ0) is 17.4. The fourth-order valence-electron chi connectivity index (χ4n) is 3.36.